The molecule has 0 radical (unpaired) electrons. The maximum Gasteiger partial charge on any atom is 0.195 e. The molecule has 0 amide bonds. The van der Waals surface area contributed by atoms with Crippen molar-refractivity contribution in [3.05, 3.63) is 75.0 Å². The second-order valence-electron chi connectivity index (χ2n) is 4.26. The van der Waals surface area contributed by atoms with E-state index in [1.54, 1.807) is 6.08 Å². The predicted octanol–water partition coefficient (Wildman–Crippen LogP) is 5.33. The maximum atomic E-state index is 12.0. The van der Waals surface area contributed by atoms with E-state index in [9.17, 15) is 4.79 Å². The molecule has 0 atom stereocenters. The van der Waals surface area contributed by atoms with E-state index in [4.69, 9.17) is 11.6 Å². The Morgan fingerprint density at radius 1 is 1.15 bits per heavy atom. The van der Waals surface area contributed by atoms with Gasteiger partial charge in [-0.25, -0.2) is 0 Å². The molecule has 102 valence electrons. The molecule has 0 saturated heterocycles. The Morgan fingerprint density at radius 2 is 1.90 bits per heavy atom. The van der Waals surface area contributed by atoms with Crippen LogP contribution in [0.25, 0.3) is 6.08 Å². The topological polar surface area (TPSA) is 17.1 Å². The van der Waals surface area contributed by atoms with E-state index in [1.807, 2.05) is 48.5 Å². The lowest BCUT2D eigenvalue weighted by molar-refractivity contribution is 0.105. The van der Waals surface area contributed by atoms with Crippen molar-refractivity contribution in [2.75, 3.05) is 0 Å². The van der Waals surface area contributed by atoms with Crippen LogP contribution in [0.5, 0.6) is 0 Å². The monoisotopic (exact) mass is 302 g/mol. The molecule has 0 unspecified atom stereocenters. The van der Waals surface area contributed by atoms with E-state index in [1.165, 1.54) is 22.3 Å². The molecule has 0 spiro atoms. The third-order valence-electron chi connectivity index (χ3n) is 2.75. The van der Waals surface area contributed by atoms with Crippen molar-refractivity contribution in [1.29, 1.82) is 0 Å². The van der Waals surface area contributed by atoms with E-state index in [0.29, 0.717) is 5.03 Å². The van der Waals surface area contributed by atoms with Gasteiger partial charge in [0.1, 0.15) is 0 Å². The summed E-state index contributed by atoms with van der Waals surface area (Å²) in [4.78, 5) is 13.9. The molecule has 0 aliphatic carbocycles. The van der Waals surface area contributed by atoms with Gasteiger partial charge in [0.15, 0.2) is 5.78 Å². The van der Waals surface area contributed by atoms with E-state index >= 15 is 0 Å². The van der Waals surface area contributed by atoms with Crippen molar-refractivity contribution in [2.24, 2.45) is 0 Å². The summed E-state index contributed by atoms with van der Waals surface area (Å²) in [6.07, 6.45) is 5.95. The highest BCUT2D eigenvalue weighted by Crippen LogP contribution is 2.18. The Labute approximate surface area is 128 Å². The van der Waals surface area contributed by atoms with Gasteiger partial charge in [0.25, 0.3) is 0 Å². The summed E-state index contributed by atoms with van der Waals surface area (Å²) in [7, 11) is 0. The molecule has 1 aromatic heterocycles. The van der Waals surface area contributed by atoms with Crippen LogP contribution in [0.2, 0.25) is 0 Å². The highest BCUT2D eigenvalue weighted by Gasteiger charge is 2.05. The smallest absolute Gasteiger partial charge is 0.195 e. The number of hydrogen-bond donors (Lipinski definition) is 0. The predicted molar refractivity (Wildman–Crippen MR) is 87.4 cm³/mol. The number of halogens is 1. The van der Waals surface area contributed by atoms with Crippen molar-refractivity contribution in [1.82, 2.24) is 0 Å². The summed E-state index contributed by atoms with van der Waals surface area (Å²) >= 11 is 7.64. The molecule has 1 aromatic carbocycles. The summed E-state index contributed by atoms with van der Waals surface area (Å²) in [5.74, 6) is -0.00527. The SMILES string of the molecule is CCc1ccc(C(=O)/C=C/C(Cl)=C/c2ccccc2)s1. The number of thiophene rings is 1. The molecule has 3 heteroatoms. The summed E-state index contributed by atoms with van der Waals surface area (Å²) in [5, 5.41) is 0.539. The minimum absolute atomic E-state index is 0.00527. The number of aryl methyl sites for hydroxylation is 1. The van der Waals surface area contributed by atoms with Gasteiger partial charge >= 0.3 is 0 Å². The number of benzene rings is 1. The number of allylic oxidation sites excluding steroid dienone is 3. The van der Waals surface area contributed by atoms with Crippen LogP contribution in [0.3, 0.4) is 0 Å². The normalized spacial score (nSPS) is 12.0. The zero-order chi connectivity index (χ0) is 14.4. The highest BCUT2D eigenvalue weighted by atomic mass is 35.5. The van der Waals surface area contributed by atoms with Crippen LogP contribution < -0.4 is 0 Å². The number of carbonyl (C=O) groups is 1. The van der Waals surface area contributed by atoms with E-state index < -0.39 is 0 Å². The molecule has 1 nitrogen and oxygen atoms in total. The molecule has 20 heavy (non-hydrogen) atoms. The summed E-state index contributed by atoms with van der Waals surface area (Å²) in [6.45, 7) is 2.08. The lowest BCUT2D eigenvalue weighted by atomic mass is 10.2. The third kappa shape index (κ3) is 4.19. The molecule has 0 saturated carbocycles. The second-order valence-corrected chi connectivity index (χ2v) is 5.86. The molecule has 0 aliphatic rings. The number of ketones is 1. The quantitative estimate of drug-likeness (QED) is 0.414. The Morgan fingerprint density at radius 3 is 2.55 bits per heavy atom. The Hall–Kier alpha value is -1.64. The first-order valence-electron chi connectivity index (χ1n) is 6.42. The first-order chi connectivity index (χ1) is 9.69. The van der Waals surface area contributed by atoms with Gasteiger partial charge in [-0.2, -0.15) is 0 Å². The van der Waals surface area contributed by atoms with Crippen LogP contribution in [-0.4, -0.2) is 5.78 Å². The lowest BCUT2D eigenvalue weighted by Gasteiger charge is -1.93. The largest absolute Gasteiger partial charge is 0.288 e. The fourth-order valence-electron chi connectivity index (χ4n) is 1.69. The van der Waals surface area contributed by atoms with Gasteiger partial charge in [0.05, 0.1) is 4.88 Å². The van der Waals surface area contributed by atoms with Crippen LogP contribution in [0, 0.1) is 0 Å². The average molecular weight is 303 g/mol. The molecule has 2 aromatic rings. The summed E-state index contributed by atoms with van der Waals surface area (Å²) in [5.41, 5.74) is 1.01. The van der Waals surface area contributed by atoms with Gasteiger partial charge in [-0.3, -0.25) is 4.79 Å². The van der Waals surface area contributed by atoms with E-state index in [0.717, 1.165) is 16.9 Å². The van der Waals surface area contributed by atoms with Gasteiger partial charge in [-0.15, -0.1) is 11.3 Å². The molecule has 2 rings (SSSR count). The Bertz CT molecular complexity index is 638. The third-order valence-corrected chi connectivity index (χ3v) is 4.23. The average Bonchev–Trinajstić information content (AvgIpc) is 2.95. The number of rotatable bonds is 5. The molecular formula is C17H15ClOS. The van der Waals surface area contributed by atoms with Crippen LogP contribution in [-0.2, 0) is 6.42 Å². The van der Waals surface area contributed by atoms with Gasteiger partial charge in [0, 0.05) is 9.91 Å². The van der Waals surface area contributed by atoms with Gasteiger partial charge in [-0.05, 0) is 42.3 Å². The van der Waals surface area contributed by atoms with Crippen LogP contribution >= 0.6 is 22.9 Å². The van der Waals surface area contributed by atoms with Crippen LogP contribution in [0.1, 0.15) is 27.0 Å². The number of hydrogen-bond acceptors (Lipinski definition) is 2. The standard InChI is InChI=1S/C17H15ClOS/c1-2-15-9-11-17(20-15)16(19)10-8-14(18)12-13-6-4-3-5-7-13/h3-12H,2H2,1H3/b10-8+,14-12-. The number of carbonyl (C=O) groups excluding carboxylic acids is 1. The first-order valence-corrected chi connectivity index (χ1v) is 7.62. The van der Waals surface area contributed by atoms with Crippen molar-refractivity contribution >= 4 is 34.8 Å². The second kappa shape index (κ2) is 7.22. The molecule has 1 heterocycles. The van der Waals surface area contributed by atoms with Crippen molar-refractivity contribution in [3.8, 4) is 0 Å². The van der Waals surface area contributed by atoms with Crippen molar-refractivity contribution in [2.45, 2.75) is 13.3 Å². The van der Waals surface area contributed by atoms with Crippen molar-refractivity contribution < 1.29 is 4.79 Å². The Kier molecular flexibility index (Phi) is 5.33. The lowest BCUT2D eigenvalue weighted by Crippen LogP contribution is -1.88. The fraction of sp³-hybridized carbons (Fsp3) is 0.118. The molecular weight excluding hydrogens is 288 g/mol. The van der Waals surface area contributed by atoms with Gasteiger partial charge in [-0.1, -0.05) is 48.9 Å². The molecule has 0 bridgehead atoms. The summed E-state index contributed by atoms with van der Waals surface area (Å²) < 4.78 is 0. The molecule has 0 fully saturated rings. The van der Waals surface area contributed by atoms with E-state index in [2.05, 4.69) is 6.92 Å². The van der Waals surface area contributed by atoms with Gasteiger partial charge in [0.2, 0.25) is 0 Å². The van der Waals surface area contributed by atoms with Crippen molar-refractivity contribution in [3.63, 3.8) is 0 Å². The zero-order valence-electron chi connectivity index (χ0n) is 11.2. The van der Waals surface area contributed by atoms with Gasteiger partial charge < -0.3 is 0 Å². The first kappa shape index (κ1) is 14.8. The summed E-state index contributed by atoms with van der Waals surface area (Å²) in [6, 6.07) is 13.6. The fourth-order valence-corrected chi connectivity index (χ4v) is 2.75. The molecule has 0 N–H and O–H groups in total. The Balaban J connectivity index is 2.05. The maximum absolute atomic E-state index is 12.0. The van der Waals surface area contributed by atoms with Crippen LogP contribution in [0.4, 0.5) is 0 Å². The minimum Gasteiger partial charge on any atom is -0.288 e. The molecule has 0 aliphatic heterocycles. The van der Waals surface area contributed by atoms with Crippen LogP contribution in [0.15, 0.2) is 59.6 Å². The zero-order valence-corrected chi connectivity index (χ0v) is 12.7. The highest BCUT2D eigenvalue weighted by molar-refractivity contribution is 7.14. The van der Waals surface area contributed by atoms with E-state index in [-0.39, 0.29) is 5.78 Å². The minimum atomic E-state index is -0.00527.